The van der Waals surface area contributed by atoms with Crippen LogP contribution in [0, 0.1) is 11.6 Å². The lowest BCUT2D eigenvalue weighted by Crippen LogP contribution is -2.11. The minimum Gasteiger partial charge on any atom is -0.366 e. The predicted molar refractivity (Wildman–Crippen MR) is 92.2 cm³/mol. The van der Waals surface area contributed by atoms with Gasteiger partial charge in [0.2, 0.25) is 5.91 Å². The molecule has 0 aliphatic heterocycles. The smallest absolute Gasteiger partial charge is 0.366 e. The number of pyridine rings is 1. The van der Waals surface area contributed by atoms with Crippen molar-refractivity contribution in [3.8, 4) is 16.9 Å². The van der Waals surface area contributed by atoms with Crippen LogP contribution in [0.1, 0.15) is 40.5 Å². The number of nitrogens with zero attached hydrogens (tertiary/aromatic N) is 3. The number of amides is 1. The van der Waals surface area contributed by atoms with Crippen molar-refractivity contribution < 1.29 is 26.7 Å². The van der Waals surface area contributed by atoms with Gasteiger partial charge in [-0.3, -0.25) is 9.78 Å². The maximum absolute atomic E-state index is 15.2. The number of halogens is 5. The van der Waals surface area contributed by atoms with E-state index in [0.29, 0.717) is 12.8 Å². The number of hydrogen-bond acceptors (Lipinski definition) is 3. The van der Waals surface area contributed by atoms with Gasteiger partial charge in [-0.2, -0.15) is 18.3 Å². The summed E-state index contributed by atoms with van der Waals surface area (Å²) in [5, 5.41) is 3.52. The SMILES string of the molecule is NC(=O)c1ccc(-c2c(F)ccc(-n3nc(C(F)(F)F)cc3C3CC3)c2F)nc1. The van der Waals surface area contributed by atoms with E-state index >= 15 is 4.39 Å². The number of nitrogens with two attached hydrogens (primary N) is 1. The molecule has 3 aromatic rings. The lowest BCUT2D eigenvalue weighted by atomic mass is 10.1. The number of rotatable bonds is 4. The summed E-state index contributed by atoms with van der Waals surface area (Å²) >= 11 is 0. The molecule has 0 spiro atoms. The van der Waals surface area contributed by atoms with Gasteiger partial charge < -0.3 is 5.73 Å². The Bertz CT molecular complexity index is 1100. The van der Waals surface area contributed by atoms with Gasteiger partial charge in [0, 0.05) is 17.8 Å². The van der Waals surface area contributed by atoms with Crippen LogP contribution in [0.15, 0.2) is 36.5 Å². The van der Waals surface area contributed by atoms with Crippen molar-refractivity contribution in [2.75, 3.05) is 0 Å². The van der Waals surface area contributed by atoms with E-state index in [1.54, 1.807) is 0 Å². The molecule has 150 valence electrons. The van der Waals surface area contributed by atoms with Crippen LogP contribution >= 0.6 is 0 Å². The molecule has 4 rings (SSSR count). The lowest BCUT2D eigenvalue weighted by molar-refractivity contribution is -0.141. The largest absolute Gasteiger partial charge is 0.435 e. The predicted octanol–water partition coefficient (Wildman–Crippen LogP) is 4.21. The Morgan fingerprint density at radius 2 is 1.86 bits per heavy atom. The highest BCUT2D eigenvalue weighted by Gasteiger charge is 2.38. The molecule has 0 radical (unpaired) electrons. The molecule has 0 bridgehead atoms. The fraction of sp³-hybridized carbons (Fsp3) is 0.211. The average molecular weight is 408 g/mol. The van der Waals surface area contributed by atoms with Gasteiger partial charge in [-0.25, -0.2) is 13.5 Å². The molecule has 1 fully saturated rings. The van der Waals surface area contributed by atoms with Crippen LogP contribution in [0.2, 0.25) is 0 Å². The molecule has 0 saturated heterocycles. The highest BCUT2D eigenvalue weighted by Crippen LogP contribution is 2.43. The average Bonchev–Trinajstić information content (AvgIpc) is 3.40. The molecule has 5 nitrogen and oxygen atoms in total. The molecular formula is C19H13F5N4O. The number of carbonyl (C=O) groups excluding carboxylic acids is 1. The summed E-state index contributed by atoms with van der Waals surface area (Å²) in [6.45, 7) is 0. The van der Waals surface area contributed by atoms with E-state index in [1.165, 1.54) is 12.1 Å². The van der Waals surface area contributed by atoms with E-state index in [9.17, 15) is 22.4 Å². The van der Waals surface area contributed by atoms with E-state index in [2.05, 4.69) is 10.1 Å². The first-order valence-corrected chi connectivity index (χ1v) is 8.58. The van der Waals surface area contributed by atoms with Crippen molar-refractivity contribution in [1.29, 1.82) is 0 Å². The zero-order valence-electron chi connectivity index (χ0n) is 14.7. The Hall–Kier alpha value is -3.30. The summed E-state index contributed by atoms with van der Waals surface area (Å²) in [5.41, 5.74) is 3.24. The van der Waals surface area contributed by atoms with Crippen molar-refractivity contribution in [2.45, 2.75) is 24.9 Å². The highest BCUT2D eigenvalue weighted by atomic mass is 19.4. The molecule has 10 heteroatoms. The van der Waals surface area contributed by atoms with Gasteiger partial charge in [0.25, 0.3) is 0 Å². The third-order valence-corrected chi connectivity index (χ3v) is 4.63. The molecular weight excluding hydrogens is 395 g/mol. The Morgan fingerprint density at radius 1 is 1.14 bits per heavy atom. The number of aromatic nitrogens is 3. The van der Waals surface area contributed by atoms with Crippen LogP contribution in [-0.2, 0) is 6.18 Å². The number of benzene rings is 1. The summed E-state index contributed by atoms with van der Waals surface area (Å²) < 4.78 is 69.8. The molecule has 0 unspecified atom stereocenters. The third kappa shape index (κ3) is 3.45. The second kappa shape index (κ2) is 6.64. The van der Waals surface area contributed by atoms with Gasteiger partial charge in [-0.15, -0.1) is 0 Å². The zero-order chi connectivity index (χ0) is 20.9. The molecule has 2 heterocycles. The molecule has 1 aliphatic rings. The van der Waals surface area contributed by atoms with E-state index < -0.39 is 35.0 Å². The molecule has 1 aliphatic carbocycles. The summed E-state index contributed by atoms with van der Waals surface area (Å²) in [4.78, 5) is 15.0. The second-order valence-electron chi connectivity index (χ2n) is 6.69. The monoisotopic (exact) mass is 408 g/mol. The topological polar surface area (TPSA) is 73.8 Å². The molecule has 2 aromatic heterocycles. The van der Waals surface area contributed by atoms with Crippen molar-refractivity contribution in [3.05, 3.63) is 65.1 Å². The van der Waals surface area contributed by atoms with Gasteiger partial charge in [0.05, 0.1) is 16.8 Å². The normalized spacial score (nSPS) is 14.2. The summed E-state index contributed by atoms with van der Waals surface area (Å²) in [6.07, 6.45) is -2.31. The van der Waals surface area contributed by atoms with Gasteiger partial charge in [0.1, 0.15) is 11.5 Å². The van der Waals surface area contributed by atoms with Crippen LogP contribution in [0.25, 0.3) is 16.9 Å². The molecule has 1 aromatic carbocycles. The van der Waals surface area contributed by atoms with Gasteiger partial charge in [0.15, 0.2) is 11.5 Å². The molecule has 2 N–H and O–H groups in total. The first kappa shape index (κ1) is 19.0. The molecule has 1 saturated carbocycles. The van der Waals surface area contributed by atoms with E-state index in [4.69, 9.17) is 5.73 Å². The summed E-state index contributed by atoms with van der Waals surface area (Å²) in [7, 11) is 0. The molecule has 1 amide bonds. The van der Waals surface area contributed by atoms with Gasteiger partial charge >= 0.3 is 6.18 Å². The van der Waals surface area contributed by atoms with Crippen LogP contribution in [0.5, 0.6) is 0 Å². The van der Waals surface area contributed by atoms with Crippen molar-refractivity contribution >= 4 is 5.91 Å². The standard InChI is InChI=1S/C19H13F5N4O/c20-11-4-6-13(17(21)16(11)12-5-3-10(8-26-12)18(25)29)28-14(9-1-2-9)7-15(27-28)19(22,23)24/h3-9H,1-2H2,(H2,25,29). The van der Waals surface area contributed by atoms with Crippen molar-refractivity contribution in [3.63, 3.8) is 0 Å². The Morgan fingerprint density at radius 3 is 2.41 bits per heavy atom. The van der Waals surface area contributed by atoms with E-state index in [-0.39, 0.29) is 28.6 Å². The fourth-order valence-corrected chi connectivity index (χ4v) is 3.02. The quantitative estimate of drug-likeness (QED) is 0.658. The zero-order valence-corrected chi connectivity index (χ0v) is 14.7. The first-order chi connectivity index (χ1) is 13.7. The summed E-state index contributed by atoms with van der Waals surface area (Å²) in [6, 6.07) is 5.31. The Labute approximate surface area is 161 Å². The van der Waals surface area contributed by atoms with Crippen molar-refractivity contribution in [2.24, 2.45) is 5.73 Å². The van der Waals surface area contributed by atoms with Gasteiger partial charge in [-0.05, 0) is 43.2 Å². The van der Waals surface area contributed by atoms with Crippen LogP contribution in [0.3, 0.4) is 0 Å². The second-order valence-corrected chi connectivity index (χ2v) is 6.69. The molecule has 29 heavy (non-hydrogen) atoms. The fourth-order valence-electron chi connectivity index (χ4n) is 3.02. The minimum absolute atomic E-state index is 0.0450. The van der Waals surface area contributed by atoms with E-state index in [0.717, 1.165) is 29.1 Å². The van der Waals surface area contributed by atoms with Gasteiger partial charge in [-0.1, -0.05) is 0 Å². The van der Waals surface area contributed by atoms with E-state index in [1.807, 2.05) is 0 Å². The van der Waals surface area contributed by atoms with Crippen molar-refractivity contribution in [1.82, 2.24) is 14.8 Å². The van der Waals surface area contributed by atoms with Crippen LogP contribution in [0.4, 0.5) is 22.0 Å². The maximum Gasteiger partial charge on any atom is 0.435 e. The number of carbonyl (C=O) groups is 1. The maximum atomic E-state index is 15.2. The third-order valence-electron chi connectivity index (χ3n) is 4.63. The minimum atomic E-state index is -4.69. The number of hydrogen-bond donors (Lipinski definition) is 1. The van der Waals surface area contributed by atoms with Crippen LogP contribution in [-0.4, -0.2) is 20.7 Å². The number of alkyl halides is 3. The Kier molecular flexibility index (Phi) is 4.36. The highest BCUT2D eigenvalue weighted by molar-refractivity contribution is 5.92. The Balaban J connectivity index is 1.86. The molecule has 0 atom stereocenters. The number of primary amides is 1. The lowest BCUT2D eigenvalue weighted by Gasteiger charge is -2.12. The van der Waals surface area contributed by atoms with Crippen LogP contribution < -0.4 is 5.73 Å². The first-order valence-electron chi connectivity index (χ1n) is 8.58. The summed E-state index contributed by atoms with van der Waals surface area (Å²) in [5.74, 6) is -2.99.